The normalized spacial score (nSPS) is 19.8. The van der Waals surface area contributed by atoms with Gasteiger partial charge in [-0.1, -0.05) is 55.7 Å². The van der Waals surface area contributed by atoms with Gasteiger partial charge in [0, 0.05) is 30.0 Å². The molecular weight excluding hydrogens is 437 g/mol. The fourth-order valence-electron chi connectivity index (χ4n) is 6.08. The van der Waals surface area contributed by atoms with Gasteiger partial charge in [0.2, 0.25) is 0 Å². The Bertz CT molecular complexity index is 1190. The molecule has 0 saturated heterocycles. The average Bonchev–Trinajstić information content (AvgIpc) is 3.24. The van der Waals surface area contributed by atoms with E-state index in [1.807, 2.05) is 12.1 Å². The Balaban J connectivity index is 1.29. The standard InChI is InChI=1S/C31H36FNO2/c1-31(26-12-6-3-7-13-26,30(34)24-9-4-2-5-10-24)16-19-33-17-8-11-23(14-18-33)28-22-27(32)21-25-15-20-35-29(25)28/h3,6-7,11-13,15,20-22,24H,2,4-5,8-10,14,16-19H2,1H3. The molecule has 184 valence electrons. The Morgan fingerprint density at radius 2 is 1.89 bits per heavy atom. The predicted octanol–water partition coefficient (Wildman–Crippen LogP) is 7.55. The molecule has 1 atom stereocenters. The number of rotatable bonds is 7. The number of nitrogens with zero attached hydrogens (tertiary/aromatic N) is 1. The van der Waals surface area contributed by atoms with E-state index >= 15 is 0 Å². The lowest BCUT2D eigenvalue weighted by atomic mass is 9.69. The van der Waals surface area contributed by atoms with E-state index in [2.05, 4.69) is 42.2 Å². The Hall–Kier alpha value is -2.72. The van der Waals surface area contributed by atoms with Crippen LogP contribution in [0.15, 0.2) is 65.3 Å². The number of hydrogen-bond acceptors (Lipinski definition) is 3. The second kappa shape index (κ2) is 10.5. The van der Waals surface area contributed by atoms with Gasteiger partial charge in [0.15, 0.2) is 0 Å². The van der Waals surface area contributed by atoms with Crippen molar-refractivity contribution in [2.75, 3.05) is 19.6 Å². The molecule has 3 nitrogen and oxygen atoms in total. The van der Waals surface area contributed by atoms with Crippen molar-refractivity contribution in [3.05, 3.63) is 77.8 Å². The molecule has 0 bridgehead atoms. The topological polar surface area (TPSA) is 33.5 Å². The van der Waals surface area contributed by atoms with Crippen molar-refractivity contribution in [2.45, 2.75) is 63.7 Å². The van der Waals surface area contributed by atoms with Gasteiger partial charge in [-0.15, -0.1) is 0 Å². The van der Waals surface area contributed by atoms with Crippen LogP contribution in [0.1, 0.15) is 69.4 Å². The van der Waals surface area contributed by atoms with Crippen LogP contribution in [0.4, 0.5) is 4.39 Å². The van der Waals surface area contributed by atoms with Crippen LogP contribution in [0.25, 0.3) is 16.5 Å². The van der Waals surface area contributed by atoms with Crippen molar-refractivity contribution in [1.29, 1.82) is 0 Å². The number of halogens is 1. The number of ketones is 1. The van der Waals surface area contributed by atoms with Crippen molar-refractivity contribution >= 4 is 22.3 Å². The largest absolute Gasteiger partial charge is 0.464 e. The summed E-state index contributed by atoms with van der Waals surface area (Å²) in [6.07, 6.45) is 12.1. The summed E-state index contributed by atoms with van der Waals surface area (Å²) in [7, 11) is 0. The molecule has 5 rings (SSSR count). The maximum atomic E-state index is 14.2. The van der Waals surface area contributed by atoms with E-state index in [9.17, 15) is 9.18 Å². The molecule has 2 aromatic carbocycles. The van der Waals surface area contributed by atoms with E-state index in [1.54, 1.807) is 12.3 Å². The smallest absolute Gasteiger partial charge is 0.146 e. The first-order chi connectivity index (χ1) is 17.0. The first-order valence-electron chi connectivity index (χ1n) is 13.2. The molecule has 2 heterocycles. The highest BCUT2D eigenvalue weighted by atomic mass is 19.1. The van der Waals surface area contributed by atoms with Gasteiger partial charge in [-0.2, -0.15) is 0 Å². The molecule has 1 unspecified atom stereocenters. The van der Waals surface area contributed by atoms with Crippen LogP contribution in [0.5, 0.6) is 0 Å². The van der Waals surface area contributed by atoms with Crippen LogP contribution >= 0.6 is 0 Å². The fraction of sp³-hybridized carbons (Fsp3) is 0.452. The van der Waals surface area contributed by atoms with Gasteiger partial charge < -0.3 is 9.32 Å². The molecule has 2 aliphatic rings. The summed E-state index contributed by atoms with van der Waals surface area (Å²) in [4.78, 5) is 16.3. The molecule has 1 fully saturated rings. The van der Waals surface area contributed by atoms with Crippen molar-refractivity contribution in [2.24, 2.45) is 5.92 Å². The Labute approximate surface area is 208 Å². The van der Waals surface area contributed by atoms with E-state index in [4.69, 9.17) is 4.42 Å². The summed E-state index contributed by atoms with van der Waals surface area (Å²) in [5.74, 6) is 0.391. The molecule has 1 aliphatic heterocycles. The molecule has 1 aliphatic carbocycles. The van der Waals surface area contributed by atoms with Crippen LogP contribution in [-0.2, 0) is 10.2 Å². The molecule has 1 aromatic heterocycles. The molecule has 3 aromatic rings. The van der Waals surface area contributed by atoms with Gasteiger partial charge in [0.1, 0.15) is 17.2 Å². The second-order valence-electron chi connectivity index (χ2n) is 10.5. The molecule has 1 saturated carbocycles. The third-order valence-electron chi connectivity index (χ3n) is 8.25. The third kappa shape index (κ3) is 5.13. The van der Waals surface area contributed by atoms with Gasteiger partial charge in [-0.3, -0.25) is 4.79 Å². The van der Waals surface area contributed by atoms with Gasteiger partial charge in [0.25, 0.3) is 0 Å². The molecule has 4 heteroatoms. The molecular formula is C31H36FNO2. The summed E-state index contributed by atoms with van der Waals surface area (Å²) in [6.45, 7) is 4.89. The summed E-state index contributed by atoms with van der Waals surface area (Å²) >= 11 is 0. The second-order valence-corrected chi connectivity index (χ2v) is 10.5. The monoisotopic (exact) mass is 473 g/mol. The Morgan fingerprint density at radius 1 is 1.09 bits per heavy atom. The lowest BCUT2D eigenvalue weighted by molar-refractivity contribution is -0.129. The highest BCUT2D eigenvalue weighted by Crippen LogP contribution is 2.37. The Kier molecular flexibility index (Phi) is 7.19. The predicted molar refractivity (Wildman–Crippen MR) is 140 cm³/mol. The minimum absolute atomic E-state index is 0.190. The first kappa shape index (κ1) is 24.0. The fourth-order valence-corrected chi connectivity index (χ4v) is 6.08. The zero-order chi connectivity index (χ0) is 24.3. The minimum Gasteiger partial charge on any atom is -0.464 e. The number of hydrogen-bond donors (Lipinski definition) is 0. The van der Waals surface area contributed by atoms with Crippen molar-refractivity contribution < 1.29 is 13.6 Å². The zero-order valence-electron chi connectivity index (χ0n) is 20.8. The maximum Gasteiger partial charge on any atom is 0.146 e. The highest BCUT2D eigenvalue weighted by molar-refractivity contribution is 5.92. The van der Waals surface area contributed by atoms with Crippen LogP contribution in [0, 0.1) is 11.7 Å². The number of furan rings is 1. The van der Waals surface area contributed by atoms with Crippen molar-refractivity contribution in [3.8, 4) is 0 Å². The van der Waals surface area contributed by atoms with Crippen LogP contribution in [0.2, 0.25) is 0 Å². The quantitative estimate of drug-likeness (QED) is 0.355. The summed E-state index contributed by atoms with van der Waals surface area (Å²) < 4.78 is 19.9. The lowest BCUT2D eigenvalue weighted by Gasteiger charge is -2.35. The van der Waals surface area contributed by atoms with E-state index in [-0.39, 0.29) is 11.7 Å². The minimum atomic E-state index is -0.464. The first-order valence-corrected chi connectivity index (χ1v) is 13.2. The van der Waals surface area contributed by atoms with Crippen molar-refractivity contribution in [1.82, 2.24) is 4.90 Å². The highest BCUT2D eigenvalue weighted by Gasteiger charge is 2.39. The van der Waals surface area contributed by atoms with Crippen LogP contribution < -0.4 is 0 Å². The lowest BCUT2D eigenvalue weighted by Crippen LogP contribution is -2.41. The van der Waals surface area contributed by atoms with Crippen LogP contribution in [-0.4, -0.2) is 30.3 Å². The van der Waals surface area contributed by atoms with Gasteiger partial charge >= 0.3 is 0 Å². The van der Waals surface area contributed by atoms with Crippen molar-refractivity contribution in [3.63, 3.8) is 0 Å². The van der Waals surface area contributed by atoms with E-state index in [1.165, 1.54) is 25.3 Å². The summed E-state index contributed by atoms with van der Waals surface area (Å²) in [5.41, 5.74) is 3.46. The molecule has 35 heavy (non-hydrogen) atoms. The molecule has 0 spiro atoms. The number of carbonyl (C=O) groups excluding carboxylic acids is 1. The Morgan fingerprint density at radius 3 is 2.69 bits per heavy atom. The molecule has 0 N–H and O–H groups in total. The number of fused-ring (bicyclic) bond motifs is 1. The average molecular weight is 474 g/mol. The summed E-state index contributed by atoms with van der Waals surface area (Å²) in [6, 6.07) is 15.3. The van der Waals surface area contributed by atoms with E-state index in [0.29, 0.717) is 5.78 Å². The van der Waals surface area contributed by atoms with E-state index < -0.39 is 5.41 Å². The SMILES string of the molecule is CC(CCN1CCC=C(c2cc(F)cc3ccoc23)CC1)(C(=O)C1CCCCC1)c1ccccc1. The third-order valence-corrected chi connectivity index (χ3v) is 8.25. The number of carbonyl (C=O) groups is 1. The molecule has 0 amide bonds. The number of Topliss-reactive ketones (excluding diaryl/α,β-unsaturated/α-hetero) is 1. The van der Waals surface area contributed by atoms with Gasteiger partial charge in [-0.25, -0.2) is 4.39 Å². The van der Waals surface area contributed by atoms with E-state index in [0.717, 1.165) is 79.4 Å². The van der Waals surface area contributed by atoms with Gasteiger partial charge in [-0.05, 0) is 74.9 Å². The molecule has 0 radical (unpaired) electrons. The summed E-state index contributed by atoms with van der Waals surface area (Å²) in [5, 5.41) is 0.807. The number of benzene rings is 2. The maximum absolute atomic E-state index is 14.2. The zero-order valence-corrected chi connectivity index (χ0v) is 20.8. The van der Waals surface area contributed by atoms with Gasteiger partial charge in [0.05, 0.1) is 11.7 Å². The van der Waals surface area contributed by atoms with Crippen LogP contribution in [0.3, 0.4) is 0 Å².